The molecule has 1 aromatic heterocycles. The van der Waals surface area contributed by atoms with E-state index >= 15 is 0 Å². The van der Waals surface area contributed by atoms with Gasteiger partial charge < -0.3 is 4.57 Å². The summed E-state index contributed by atoms with van der Waals surface area (Å²) in [5.41, 5.74) is 1.98. The third-order valence-corrected chi connectivity index (χ3v) is 3.51. The van der Waals surface area contributed by atoms with Crippen molar-refractivity contribution in [1.29, 1.82) is 0 Å². The van der Waals surface area contributed by atoms with Gasteiger partial charge in [0.1, 0.15) is 0 Å². The maximum atomic E-state index is 12.4. The highest BCUT2D eigenvalue weighted by Crippen LogP contribution is 2.24. The van der Waals surface area contributed by atoms with E-state index in [9.17, 15) is 4.79 Å². The first kappa shape index (κ1) is 14.4. The molecule has 17 heavy (non-hydrogen) atoms. The van der Waals surface area contributed by atoms with Gasteiger partial charge in [-0.3, -0.25) is 4.79 Å². The Labute approximate surface area is 109 Å². The third kappa shape index (κ3) is 2.95. The van der Waals surface area contributed by atoms with E-state index in [4.69, 9.17) is 0 Å². The molecule has 0 amide bonds. The Bertz CT molecular complexity index is 443. The van der Waals surface area contributed by atoms with Crippen molar-refractivity contribution >= 4 is 12.6 Å². The Kier molecular flexibility index (Phi) is 4.48. The third-order valence-electron chi connectivity index (χ3n) is 3.17. The van der Waals surface area contributed by atoms with E-state index in [-0.39, 0.29) is 17.0 Å². The fourth-order valence-corrected chi connectivity index (χ4v) is 2.19. The van der Waals surface area contributed by atoms with Crippen molar-refractivity contribution in [3.05, 3.63) is 33.7 Å². The standard InChI is InChI=1S/C14H23NOS/c1-6-10(2)15-12(14(3,4)5)8-7-11(9-17)13(15)16/h7-8,10,17H,6,9H2,1-5H3. The van der Waals surface area contributed by atoms with E-state index in [1.165, 1.54) is 0 Å². The maximum absolute atomic E-state index is 12.4. The SMILES string of the molecule is CCC(C)n1c(C(C)(C)C)ccc(CS)c1=O. The molecule has 1 atom stereocenters. The van der Waals surface area contributed by atoms with E-state index < -0.39 is 0 Å². The van der Waals surface area contributed by atoms with Gasteiger partial charge in [-0.05, 0) is 19.4 Å². The van der Waals surface area contributed by atoms with Crippen molar-refractivity contribution in [2.45, 2.75) is 58.2 Å². The molecule has 0 saturated carbocycles. The zero-order chi connectivity index (χ0) is 13.2. The molecule has 1 heterocycles. The Morgan fingerprint density at radius 3 is 2.35 bits per heavy atom. The minimum Gasteiger partial charge on any atom is -0.309 e. The number of aromatic nitrogens is 1. The van der Waals surface area contributed by atoms with E-state index in [1.807, 2.05) is 10.6 Å². The molecule has 1 rings (SSSR count). The molecule has 2 nitrogen and oxygen atoms in total. The van der Waals surface area contributed by atoms with Crippen LogP contribution in [-0.4, -0.2) is 4.57 Å². The van der Waals surface area contributed by atoms with Gasteiger partial charge in [-0.25, -0.2) is 0 Å². The highest BCUT2D eigenvalue weighted by Gasteiger charge is 2.21. The van der Waals surface area contributed by atoms with Crippen LogP contribution in [0, 0.1) is 0 Å². The van der Waals surface area contributed by atoms with Crippen LogP contribution in [0.25, 0.3) is 0 Å². The van der Waals surface area contributed by atoms with E-state index in [0.29, 0.717) is 5.75 Å². The zero-order valence-electron chi connectivity index (χ0n) is 11.4. The number of rotatable bonds is 3. The second kappa shape index (κ2) is 5.30. The Balaban J connectivity index is 3.53. The molecule has 1 aromatic rings. The van der Waals surface area contributed by atoms with Crippen LogP contribution >= 0.6 is 12.6 Å². The van der Waals surface area contributed by atoms with Gasteiger partial charge in [-0.2, -0.15) is 12.6 Å². The van der Waals surface area contributed by atoms with Crippen LogP contribution in [-0.2, 0) is 11.2 Å². The number of pyridine rings is 1. The zero-order valence-corrected chi connectivity index (χ0v) is 12.3. The first-order valence-electron chi connectivity index (χ1n) is 6.18. The molecule has 0 N–H and O–H groups in total. The molecule has 0 aliphatic rings. The molecule has 3 heteroatoms. The topological polar surface area (TPSA) is 22.0 Å². The highest BCUT2D eigenvalue weighted by molar-refractivity contribution is 7.79. The fraction of sp³-hybridized carbons (Fsp3) is 0.643. The summed E-state index contributed by atoms with van der Waals surface area (Å²) in [4.78, 5) is 12.4. The Hall–Kier alpha value is -0.700. The smallest absolute Gasteiger partial charge is 0.255 e. The molecule has 96 valence electrons. The van der Waals surface area contributed by atoms with Crippen LogP contribution in [0.15, 0.2) is 16.9 Å². The summed E-state index contributed by atoms with van der Waals surface area (Å²) in [6, 6.07) is 4.21. The van der Waals surface area contributed by atoms with Gasteiger partial charge in [-0.1, -0.05) is 33.8 Å². The van der Waals surface area contributed by atoms with E-state index in [0.717, 1.165) is 17.7 Å². The van der Waals surface area contributed by atoms with Gasteiger partial charge in [-0.15, -0.1) is 0 Å². The second-order valence-electron chi connectivity index (χ2n) is 5.58. The van der Waals surface area contributed by atoms with E-state index in [2.05, 4.69) is 53.3 Å². The van der Waals surface area contributed by atoms with Gasteiger partial charge in [0.05, 0.1) is 0 Å². The minimum atomic E-state index is -0.0162. The lowest BCUT2D eigenvalue weighted by Gasteiger charge is -2.28. The minimum absolute atomic E-state index is 0.0162. The number of hydrogen-bond donors (Lipinski definition) is 1. The molecule has 0 radical (unpaired) electrons. The molecule has 0 fully saturated rings. The highest BCUT2D eigenvalue weighted by atomic mass is 32.1. The average molecular weight is 253 g/mol. The monoisotopic (exact) mass is 253 g/mol. The van der Waals surface area contributed by atoms with Crippen molar-refractivity contribution in [2.75, 3.05) is 0 Å². The number of thiol groups is 1. The summed E-state index contributed by atoms with van der Waals surface area (Å²) in [6.45, 7) is 10.6. The van der Waals surface area contributed by atoms with Gasteiger partial charge in [0.2, 0.25) is 0 Å². The predicted octanol–water partition coefficient (Wildman–Crippen LogP) is 3.55. The summed E-state index contributed by atoms with van der Waals surface area (Å²) in [5.74, 6) is 0.500. The van der Waals surface area contributed by atoms with Crippen molar-refractivity contribution in [3.8, 4) is 0 Å². The van der Waals surface area contributed by atoms with Crippen LogP contribution < -0.4 is 5.56 Å². The second-order valence-corrected chi connectivity index (χ2v) is 5.90. The Morgan fingerprint density at radius 1 is 1.35 bits per heavy atom. The van der Waals surface area contributed by atoms with Crippen LogP contribution in [0.4, 0.5) is 0 Å². The van der Waals surface area contributed by atoms with E-state index in [1.54, 1.807) is 0 Å². The summed E-state index contributed by atoms with van der Waals surface area (Å²) >= 11 is 4.22. The largest absolute Gasteiger partial charge is 0.309 e. The summed E-state index contributed by atoms with van der Waals surface area (Å²) in [6.07, 6.45) is 0.957. The summed E-state index contributed by atoms with van der Waals surface area (Å²) < 4.78 is 1.94. The van der Waals surface area contributed by atoms with Crippen molar-refractivity contribution in [1.82, 2.24) is 4.57 Å². The molecule has 0 aliphatic carbocycles. The molecule has 0 aliphatic heterocycles. The lowest BCUT2D eigenvalue weighted by atomic mass is 9.90. The van der Waals surface area contributed by atoms with Crippen molar-refractivity contribution in [3.63, 3.8) is 0 Å². The van der Waals surface area contributed by atoms with Crippen LogP contribution in [0.1, 0.15) is 58.3 Å². The van der Waals surface area contributed by atoms with Crippen LogP contribution in [0.2, 0.25) is 0 Å². The lowest BCUT2D eigenvalue weighted by molar-refractivity contribution is 0.437. The molecule has 0 aromatic carbocycles. The maximum Gasteiger partial charge on any atom is 0.255 e. The molecule has 1 unspecified atom stereocenters. The summed E-state index contributed by atoms with van der Waals surface area (Å²) in [5, 5.41) is 0. The molecule has 0 spiro atoms. The first-order valence-corrected chi connectivity index (χ1v) is 6.82. The van der Waals surface area contributed by atoms with Crippen molar-refractivity contribution in [2.24, 2.45) is 0 Å². The molecular weight excluding hydrogens is 230 g/mol. The van der Waals surface area contributed by atoms with Gasteiger partial charge in [0.25, 0.3) is 5.56 Å². The fourth-order valence-electron chi connectivity index (χ4n) is 1.95. The predicted molar refractivity (Wildman–Crippen MR) is 77.1 cm³/mol. The first-order chi connectivity index (χ1) is 7.82. The number of nitrogens with zero attached hydrogens (tertiary/aromatic N) is 1. The quantitative estimate of drug-likeness (QED) is 0.818. The van der Waals surface area contributed by atoms with Gasteiger partial charge in [0.15, 0.2) is 0 Å². The normalized spacial score (nSPS) is 13.8. The van der Waals surface area contributed by atoms with Crippen LogP contribution in [0.5, 0.6) is 0 Å². The van der Waals surface area contributed by atoms with Gasteiger partial charge >= 0.3 is 0 Å². The number of hydrogen-bond acceptors (Lipinski definition) is 2. The van der Waals surface area contributed by atoms with Gasteiger partial charge in [0, 0.05) is 28.5 Å². The Morgan fingerprint density at radius 2 is 1.94 bits per heavy atom. The molecule has 0 bridgehead atoms. The molecule has 0 saturated heterocycles. The van der Waals surface area contributed by atoms with Crippen molar-refractivity contribution < 1.29 is 0 Å². The van der Waals surface area contributed by atoms with Crippen LogP contribution in [0.3, 0.4) is 0 Å². The summed E-state index contributed by atoms with van der Waals surface area (Å²) in [7, 11) is 0. The molecular formula is C14H23NOS. The lowest BCUT2D eigenvalue weighted by Crippen LogP contribution is -2.33. The average Bonchev–Trinajstić information content (AvgIpc) is 2.26.